The number of nitrogens with zero attached hydrogens (tertiary/aromatic N) is 1. The molecule has 1 aromatic heterocycles. The van der Waals surface area contributed by atoms with Crippen molar-refractivity contribution in [1.82, 2.24) is 4.31 Å². The van der Waals surface area contributed by atoms with Crippen LogP contribution in [0.25, 0.3) is 0 Å². The van der Waals surface area contributed by atoms with Crippen LogP contribution in [0.3, 0.4) is 0 Å². The molecular formula is C11H12BrNO4S3. The third-order valence-electron chi connectivity index (χ3n) is 2.99. The van der Waals surface area contributed by atoms with E-state index in [1.54, 1.807) is 11.4 Å². The molecule has 0 aromatic carbocycles. The summed E-state index contributed by atoms with van der Waals surface area (Å²) in [6.07, 6.45) is 5.52. The van der Waals surface area contributed by atoms with Crippen LogP contribution in [0.2, 0.25) is 0 Å². The Labute approximate surface area is 131 Å². The van der Waals surface area contributed by atoms with Crippen LogP contribution in [0.15, 0.2) is 20.1 Å². The van der Waals surface area contributed by atoms with Gasteiger partial charge in [0.15, 0.2) is 9.84 Å². The van der Waals surface area contributed by atoms with Gasteiger partial charge in [-0.15, -0.1) is 17.8 Å². The highest BCUT2D eigenvalue weighted by atomic mass is 79.9. The molecule has 0 radical (unpaired) electrons. The predicted octanol–water partition coefficient (Wildman–Crippen LogP) is 1.32. The molecule has 0 bridgehead atoms. The molecule has 20 heavy (non-hydrogen) atoms. The van der Waals surface area contributed by atoms with Gasteiger partial charge < -0.3 is 0 Å². The summed E-state index contributed by atoms with van der Waals surface area (Å²) in [5.74, 6) is 2.13. The molecule has 1 atom stereocenters. The van der Waals surface area contributed by atoms with Crippen molar-refractivity contribution in [2.24, 2.45) is 0 Å². The average molecular weight is 398 g/mol. The van der Waals surface area contributed by atoms with Gasteiger partial charge in [-0.3, -0.25) is 0 Å². The largest absolute Gasteiger partial charge is 0.254 e. The summed E-state index contributed by atoms with van der Waals surface area (Å²) in [6, 6.07) is 1.05. The van der Waals surface area contributed by atoms with E-state index in [-0.39, 0.29) is 28.7 Å². The molecule has 1 saturated heterocycles. The number of rotatable bonds is 4. The molecule has 0 saturated carbocycles. The first-order chi connectivity index (χ1) is 9.28. The smallest absolute Gasteiger partial charge is 0.229 e. The lowest BCUT2D eigenvalue weighted by atomic mass is 10.3. The van der Waals surface area contributed by atoms with Crippen molar-refractivity contribution in [3.05, 3.63) is 15.9 Å². The monoisotopic (exact) mass is 397 g/mol. The molecule has 1 aromatic rings. The van der Waals surface area contributed by atoms with Crippen molar-refractivity contribution < 1.29 is 16.8 Å². The molecule has 0 aliphatic carbocycles. The van der Waals surface area contributed by atoms with Crippen LogP contribution in [0.4, 0.5) is 0 Å². The molecule has 1 unspecified atom stereocenters. The number of sulfonamides is 1. The summed E-state index contributed by atoms with van der Waals surface area (Å²) >= 11 is 4.26. The van der Waals surface area contributed by atoms with E-state index in [4.69, 9.17) is 6.42 Å². The number of hydrogen-bond donors (Lipinski definition) is 0. The van der Waals surface area contributed by atoms with Gasteiger partial charge in [-0.2, -0.15) is 4.31 Å². The molecule has 1 aliphatic heterocycles. The zero-order valence-electron chi connectivity index (χ0n) is 10.3. The molecular weight excluding hydrogens is 386 g/mol. The number of sulfone groups is 1. The lowest BCUT2D eigenvalue weighted by Gasteiger charge is -2.24. The second kappa shape index (κ2) is 5.77. The Morgan fingerprint density at radius 3 is 2.70 bits per heavy atom. The second-order valence-corrected chi connectivity index (χ2v) is 10.5. The molecule has 0 spiro atoms. The van der Waals surface area contributed by atoms with Gasteiger partial charge in [0.1, 0.15) is 4.21 Å². The second-order valence-electron chi connectivity index (χ2n) is 4.37. The minimum Gasteiger partial charge on any atom is -0.229 e. The Hall–Kier alpha value is -0.400. The molecule has 1 aliphatic rings. The zero-order chi connectivity index (χ0) is 15.0. The number of thiophene rings is 1. The maximum Gasteiger partial charge on any atom is 0.254 e. The summed E-state index contributed by atoms with van der Waals surface area (Å²) in [7, 11) is -6.97. The van der Waals surface area contributed by atoms with E-state index >= 15 is 0 Å². The Morgan fingerprint density at radius 1 is 1.55 bits per heavy atom. The summed E-state index contributed by atoms with van der Waals surface area (Å²) in [6.45, 7) is -0.132. The fraction of sp³-hybridized carbons (Fsp3) is 0.455. The predicted molar refractivity (Wildman–Crippen MR) is 81.8 cm³/mol. The van der Waals surface area contributed by atoms with E-state index in [9.17, 15) is 16.8 Å². The fourth-order valence-corrected chi connectivity index (χ4v) is 7.89. The van der Waals surface area contributed by atoms with Crippen molar-refractivity contribution in [3.63, 3.8) is 0 Å². The van der Waals surface area contributed by atoms with E-state index in [0.717, 1.165) is 15.6 Å². The first kappa shape index (κ1) is 16.0. The van der Waals surface area contributed by atoms with Gasteiger partial charge in [0.25, 0.3) is 10.0 Å². The third kappa shape index (κ3) is 3.09. The Balaban J connectivity index is 2.40. The van der Waals surface area contributed by atoms with E-state index < -0.39 is 25.9 Å². The maximum atomic E-state index is 12.6. The first-order valence-electron chi connectivity index (χ1n) is 5.66. The molecule has 2 heterocycles. The summed E-state index contributed by atoms with van der Waals surface area (Å²) in [5, 5.41) is 1.65. The molecule has 9 heteroatoms. The molecule has 5 nitrogen and oxygen atoms in total. The molecule has 1 fully saturated rings. The van der Waals surface area contributed by atoms with Gasteiger partial charge >= 0.3 is 0 Å². The fourth-order valence-electron chi connectivity index (χ4n) is 2.07. The summed E-state index contributed by atoms with van der Waals surface area (Å²) in [4.78, 5) is 0. The van der Waals surface area contributed by atoms with Gasteiger partial charge in [0, 0.05) is 10.5 Å². The highest BCUT2D eigenvalue weighted by Gasteiger charge is 2.39. The van der Waals surface area contributed by atoms with Crippen molar-refractivity contribution in [2.45, 2.75) is 16.7 Å². The maximum absolute atomic E-state index is 12.6. The SMILES string of the molecule is C#CCN(C1CCS(=O)(=O)C1)S(=O)(=O)c1sccc1Br. The third-order valence-corrected chi connectivity index (χ3v) is 9.29. The standard InChI is InChI=1S/C11H12BrNO4S3/c1-2-5-13(9-4-7-19(14,15)8-9)20(16,17)11-10(12)3-6-18-11/h1,3,6,9H,4-5,7-8H2. The minimum atomic E-state index is -3.79. The quantitative estimate of drug-likeness (QED) is 0.718. The summed E-state index contributed by atoms with van der Waals surface area (Å²) in [5.41, 5.74) is 0. The lowest BCUT2D eigenvalue weighted by molar-refractivity contribution is 0.372. The lowest BCUT2D eigenvalue weighted by Crippen LogP contribution is -2.41. The van der Waals surface area contributed by atoms with Crippen LogP contribution in [0, 0.1) is 12.3 Å². The first-order valence-corrected chi connectivity index (χ1v) is 10.6. The Kier molecular flexibility index (Phi) is 4.61. The van der Waals surface area contributed by atoms with E-state index in [0.29, 0.717) is 4.47 Å². The zero-order valence-corrected chi connectivity index (χ0v) is 14.4. The van der Waals surface area contributed by atoms with Gasteiger partial charge in [0.05, 0.1) is 18.1 Å². The number of terminal acetylenes is 1. The van der Waals surface area contributed by atoms with Gasteiger partial charge in [0.2, 0.25) is 0 Å². The van der Waals surface area contributed by atoms with Crippen LogP contribution >= 0.6 is 27.3 Å². The molecule has 110 valence electrons. The minimum absolute atomic E-state index is 0.000131. The van der Waals surface area contributed by atoms with Crippen LogP contribution in [0.1, 0.15) is 6.42 Å². The van der Waals surface area contributed by atoms with Crippen LogP contribution in [0.5, 0.6) is 0 Å². The Morgan fingerprint density at radius 2 is 2.25 bits per heavy atom. The van der Waals surface area contributed by atoms with Crippen molar-refractivity contribution in [3.8, 4) is 12.3 Å². The van der Waals surface area contributed by atoms with Gasteiger partial charge in [-0.05, 0) is 33.8 Å². The molecule has 0 N–H and O–H groups in total. The van der Waals surface area contributed by atoms with Crippen molar-refractivity contribution in [1.29, 1.82) is 0 Å². The van der Waals surface area contributed by atoms with Crippen LogP contribution in [-0.4, -0.2) is 45.2 Å². The summed E-state index contributed by atoms with van der Waals surface area (Å²) < 4.78 is 50.1. The highest BCUT2D eigenvalue weighted by Crippen LogP contribution is 2.32. The van der Waals surface area contributed by atoms with Crippen LogP contribution < -0.4 is 0 Å². The molecule has 2 rings (SSSR count). The van der Waals surface area contributed by atoms with E-state index in [2.05, 4.69) is 21.9 Å². The average Bonchev–Trinajstić information content (AvgIpc) is 2.92. The Bertz CT molecular complexity index is 745. The van der Waals surface area contributed by atoms with Crippen LogP contribution in [-0.2, 0) is 19.9 Å². The van der Waals surface area contributed by atoms with Crippen molar-refractivity contribution in [2.75, 3.05) is 18.1 Å². The topological polar surface area (TPSA) is 71.5 Å². The van der Waals surface area contributed by atoms with Gasteiger partial charge in [-0.25, -0.2) is 16.8 Å². The normalized spacial score (nSPS) is 21.9. The number of halogens is 1. The number of hydrogen-bond acceptors (Lipinski definition) is 5. The van der Waals surface area contributed by atoms with Crippen molar-refractivity contribution >= 4 is 47.1 Å². The molecule has 0 amide bonds. The highest BCUT2D eigenvalue weighted by molar-refractivity contribution is 9.10. The van der Waals surface area contributed by atoms with E-state index in [1.165, 1.54) is 0 Å². The van der Waals surface area contributed by atoms with Gasteiger partial charge in [-0.1, -0.05) is 5.92 Å². The van der Waals surface area contributed by atoms with E-state index in [1.807, 2.05) is 0 Å².